The molecular weight excluding hydrogens is 340 g/mol. The third-order valence-corrected chi connectivity index (χ3v) is 5.77. The van der Waals surface area contributed by atoms with E-state index in [4.69, 9.17) is 4.74 Å². The van der Waals surface area contributed by atoms with Crippen molar-refractivity contribution in [3.63, 3.8) is 0 Å². The Bertz CT molecular complexity index is 638. The lowest BCUT2D eigenvalue weighted by molar-refractivity contribution is -0.121. The van der Waals surface area contributed by atoms with Crippen LogP contribution < -0.4 is 15.0 Å². The van der Waals surface area contributed by atoms with E-state index in [-0.39, 0.29) is 10.8 Å². The highest BCUT2D eigenvalue weighted by Gasteiger charge is 2.16. The molecule has 25 heavy (non-hydrogen) atoms. The van der Waals surface area contributed by atoms with Crippen LogP contribution >= 0.6 is 0 Å². The number of benzene rings is 1. The van der Waals surface area contributed by atoms with Crippen LogP contribution in [0.2, 0.25) is 0 Å². The van der Waals surface area contributed by atoms with Gasteiger partial charge in [0.1, 0.15) is 5.75 Å². The molecule has 0 atom stereocenters. The zero-order chi connectivity index (χ0) is 18.1. The molecule has 1 aromatic carbocycles. The van der Waals surface area contributed by atoms with E-state index in [0.29, 0.717) is 18.8 Å². The lowest BCUT2D eigenvalue weighted by Crippen LogP contribution is -2.41. The summed E-state index contributed by atoms with van der Waals surface area (Å²) in [5.41, 5.74) is 2.29. The first kappa shape index (κ1) is 19.7. The zero-order valence-corrected chi connectivity index (χ0v) is 15.6. The Kier molecular flexibility index (Phi) is 7.71. The molecule has 0 unspecified atom stereocenters. The summed E-state index contributed by atoms with van der Waals surface area (Å²) in [5.74, 6) is 1.03. The Hall–Kier alpha value is -1.60. The van der Waals surface area contributed by atoms with Crippen LogP contribution in [-0.2, 0) is 14.8 Å². The Morgan fingerprint density at radius 2 is 1.84 bits per heavy atom. The van der Waals surface area contributed by atoms with Crippen LogP contribution in [0.4, 0.5) is 0 Å². The number of sulfonamides is 1. The average molecular weight is 368 g/mol. The van der Waals surface area contributed by atoms with Crippen LogP contribution in [0.5, 0.6) is 5.75 Å². The van der Waals surface area contributed by atoms with E-state index in [0.717, 1.165) is 18.8 Å². The van der Waals surface area contributed by atoms with Gasteiger partial charge in [0.25, 0.3) is 10.0 Å². The fourth-order valence-electron chi connectivity index (χ4n) is 3.15. The molecule has 1 aliphatic rings. The molecule has 1 aliphatic carbocycles. The third kappa shape index (κ3) is 6.66. The van der Waals surface area contributed by atoms with Gasteiger partial charge in [-0.05, 0) is 49.9 Å². The van der Waals surface area contributed by atoms with Gasteiger partial charge in [0, 0.05) is 6.42 Å². The van der Waals surface area contributed by atoms with Gasteiger partial charge in [-0.3, -0.25) is 10.2 Å². The molecule has 0 aliphatic heterocycles. The normalized spacial score (nSPS) is 15.7. The molecule has 0 aromatic heterocycles. The molecule has 1 amide bonds. The van der Waals surface area contributed by atoms with Gasteiger partial charge in [0.15, 0.2) is 0 Å². The van der Waals surface area contributed by atoms with Crippen molar-refractivity contribution in [3.05, 3.63) is 24.3 Å². The Balaban J connectivity index is 1.73. The minimum atomic E-state index is -3.77. The van der Waals surface area contributed by atoms with Crippen molar-refractivity contribution in [3.8, 4) is 5.75 Å². The average Bonchev–Trinajstić information content (AvgIpc) is 2.62. The number of rotatable bonds is 9. The summed E-state index contributed by atoms with van der Waals surface area (Å²) < 4.78 is 29.6. The number of hydrogen-bond donors (Lipinski definition) is 2. The second kappa shape index (κ2) is 9.77. The number of carbonyl (C=O) groups is 1. The van der Waals surface area contributed by atoms with Crippen molar-refractivity contribution >= 4 is 15.9 Å². The second-order valence-electron chi connectivity index (χ2n) is 6.45. The Labute approximate surface area is 150 Å². The second-order valence-corrected chi connectivity index (χ2v) is 8.14. The van der Waals surface area contributed by atoms with Gasteiger partial charge in [-0.25, -0.2) is 8.42 Å². The van der Waals surface area contributed by atoms with Gasteiger partial charge in [-0.15, -0.1) is 4.83 Å². The van der Waals surface area contributed by atoms with E-state index < -0.39 is 10.0 Å². The molecule has 0 heterocycles. The molecule has 0 spiro atoms. The van der Waals surface area contributed by atoms with Gasteiger partial charge in [0.05, 0.1) is 11.5 Å². The van der Waals surface area contributed by atoms with Crippen LogP contribution in [0.1, 0.15) is 58.3 Å². The number of hydrogen-bond acceptors (Lipinski definition) is 4. The molecule has 2 rings (SSSR count). The molecule has 140 valence electrons. The number of ether oxygens (including phenoxy) is 1. The van der Waals surface area contributed by atoms with Gasteiger partial charge >= 0.3 is 0 Å². The van der Waals surface area contributed by atoms with Gasteiger partial charge in [-0.2, -0.15) is 0 Å². The van der Waals surface area contributed by atoms with E-state index in [1.54, 1.807) is 12.1 Å². The minimum absolute atomic E-state index is 0.0819. The summed E-state index contributed by atoms with van der Waals surface area (Å²) in [6.45, 7) is 2.37. The van der Waals surface area contributed by atoms with E-state index in [9.17, 15) is 13.2 Å². The Morgan fingerprint density at radius 3 is 2.48 bits per heavy atom. The van der Waals surface area contributed by atoms with Crippen molar-refractivity contribution in [2.75, 3.05) is 6.61 Å². The summed E-state index contributed by atoms with van der Waals surface area (Å²) in [5, 5.41) is 0. The largest absolute Gasteiger partial charge is 0.494 e. The predicted molar refractivity (Wildman–Crippen MR) is 96.5 cm³/mol. The van der Waals surface area contributed by atoms with Crippen molar-refractivity contribution < 1.29 is 17.9 Å². The highest BCUT2D eigenvalue weighted by Crippen LogP contribution is 2.27. The van der Waals surface area contributed by atoms with Gasteiger partial charge < -0.3 is 4.74 Å². The number of hydrazine groups is 1. The first-order chi connectivity index (χ1) is 12.0. The third-order valence-electron chi connectivity index (χ3n) is 4.51. The quantitative estimate of drug-likeness (QED) is 0.656. The topological polar surface area (TPSA) is 84.5 Å². The highest BCUT2D eigenvalue weighted by molar-refractivity contribution is 7.89. The van der Waals surface area contributed by atoms with Gasteiger partial charge in [-0.1, -0.05) is 32.1 Å². The summed E-state index contributed by atoms with van der Waals surface area (Å²) in [4.78, 5) is 14.1. The SMILES string of the molecule is CCOc1ccc(S(=O)(=O)NNC(=O)CCCC2CCCCC2)cc1. The fraction of sp³-hybridized carbons (Fsp3) is 0.611. The first-order valence-electron chi connectivity index (χ1n) is 9.05. The molecule has 0 saturated heterocycles. The van der Waals surface area contributed by atoms with Crippen LogP contribution in [0, 0.1) is 5.92 Å². The fourth-order valence-corrected chi connectivity index (χ4v) is 4.01. The summed E-state index contributed by atoms with van der Waals surface area (Å²) in [6, 6.07) is 6.07. The predicted octanol–water partition coefficient (Wildman–Crippen LogP) is 3.15. The summed E-state index contributed by atoms with van der Waals surface area (Å²) in [6.07, 6.45) is 8.59. The molecule has 0 radical (unpaired) electrons. The molecular formula is C18H28N2O4S. The Morgan fingerprint density at radius 1 is 1.16 bits per heavy atom. The molecule has 6 nitrogen and oxygen atoms in total. The van der Waals surface area contributed by atoms with E-state index >= 15 is 0 Å². The van der Waals surface area contributed by atoms with Crippen LogP contribution in [0.3, 0.4) is 0 Å². The zero-order valence-electron chi connectivity index (χ0n) is 14.8. The van der Waals surface area contributed by atoms with E-state index in [2.05, 4.69) is 10.3 Å². The van der Waals surface area contributed by atoms with Crippen LogP contribution in [0.25, 0.3) is 0 Å². The van der Waals surface area contributed by atoms with Crippen molar-refractivity contribution in [1.29, 1.82) is 0 Å². The maximum absolute atomic E-state index is 12.2. The number of amides is 1. The van der Waals surface area contributed by atoms with Gasteiger partial charge in [0.2, 0.25) is 5.91 Å². The smallest absolute Gasteiger partial charge is 0.257 e. The molecule has 1 saturated carbocycles. The van der Waals surface area contributed by atoms with Crippen LogP contribution in [0.15, 0.2) is 29.2 Å². The molecule has 0 bridgehead atoms. The van der Waals surface area contributed by atoms with Crippen molar-refractivity contribution in [1.82, 2.24) is 10.3 Å². The minimum Gasteiger partial charge on any atom is -0.494 e. The van der Waals surface area contributed by atoms with Crippen molar-refractivity contribution in [2.24, 2.45) is 5.92 Å². The standard InChI is InChI=1S/C18H28N2O4S/c1-2-24-16-11-13-17(14-12-16)25(22,23)20-19-18(21)10-6-9-15-7-4-3-5-8-15/h11-15,20H,2-10H2,1H3,(H,19,21). The van der Waals surface area contributed by atoms with E-state index in [1.165, 1.54) is 44.2 Å². The lowest BCUT2D eigenvalue weighted by Gasteiger charge is -2.21. The molecule has 1 fully saturated rings. The number of nitrogens with one attached hydrogen (secondary N) is 2. The first-order valence-corrected chi connectivity index (χ1v) is 10.5. The summed E-state index contributed by atoms with van der Waals surface area (Å²) in [7, 11) is -3.77. The van der Waals surface area contributed by atoms with Crippen molar-refractivity contribution in [2.45, 2.75) is 63.2 Å². The highest BCUT2D eigenvalue weighted by atomic mass is 32.2. The molecule has 1 aromatic rings. The monoisotopic (exact) mass is 368 g/mol. The maximum atomic E-state index is 12.2. The maximum Gasteiger partial charge on any atom is 0.257 e. The lowest BCUT2D eigenvalue weighted by atomic mass is 9.86. The van der Waals surface area contributed by atoms with Crippen LogP contribution in [-0.4, -0.2) is 20.9 Å². The molecule has 2 N–H and O–H groups in total. The number of carbonyl (C=O) groups excluding carboxylic acids is 1. The summed E-state index contributed by atoms with van der Waals surface area (Å²) >= 11 is 0. The van der Waals surface area contributed by atoms with E-state index in [1.807, 2.05) is 6.92 Å². The molecule has 7 heteroatoms.